The molecule has 0 radical (unpaired) electrons. The molecule has 2 fully saturated rings. The molecule has 0 spiro atoms. The summed E-state index contributed by atoms with van der Waals surface area (Å²) in [5.74, 6) is 0.874. The first kappa shape index (κ1) is 16.0. The zero-order chi connectivity index (χ0) is 15.4. The van der Waals surface area contributed by atoms with Crippen molar-refractivity contribution < 1.29 is 0 Å². The fourth-order valence-corrected chi connectivity index (χ4v) is 4.27. The van der Waals surface area contributed by atoms with E-state index in [1.165, 1.54) is 69.4 Å². The van der Waals surface area contributed by atoms with Crippen molar-refractivity contribution in [3.05, 3.63) is 35.4 Å². The van der Waals surface area contributed by atoms with Gasteiger partial charge in [-0.15, -0.1) is 0 Å². The molecule has 1 aromatic carbocycles. The molecule has 122 valence electrons. The van der Waals surface area contributed by atoms with Crippen molar-refractivity contribution in [2.45, 2.75) is 58.5 Å². The molecule has 0 saturated carbocycles. The van der Waals surface area contributed by atoms with Crippen LogP contribution in [0.4, 0.5) is 0 Å². The molecule has 3 rings (SSSR count). The van der Waals surface area contributed by atoms with Gasteiger partial charge in [0.15, 0.2) is 0 Å². The minimum atomic E-state index is 0.806. The van der Waals surface area contributed by atoms with E-state index in [2.05, 4.69) is 47.9 Å². The van der Waals surface area contributed by atoms with Crippen molar-refractivity contribution in [2.24, 2.45) is 5.92 Å². The Labute approximate surface area is 136 Å². The lowest BCUT2D eigenvalue weighted by molar-refractivity contribution is 0.0912. The second kappa shape index (κ2) is 7.61. The van der Waals surface area contributed by atoms with Crippen molar-refractivity contribution in [2.75, 3.05) is 26.2 Å². The van der Waals surface area contributed by atoms with E-state index in [1.807, 2.05) is 0 Å². The molecule has 0 amide bonds. The summed E-state index contributed by atoms with van der Waals surface area (Å²) in [6.45, 7) is 11.0. The van der Waals surface area contributed by atoms with Gasteiger partial charge in [-0.05, 0) is 64.1 Å². The van der Waals surface area contributed by atoms with Gasteiger partial charge in [0.25, 0.3) is 0 Å². The molecule has 2 nitrogen and oxygen atoms in total. The Hall–Kier alpha value is -0.860. The van der Waals surface area contributed by atoms with Crippen LogP contribution in [-0.4, -0.2) is 42.0 Å². The summed E-state index contributed by atoms with van der Waals surface area (Å²) >= 11 is 0. The predicted molar refractivity (Wildman–Crippen MR) is 94.1 cm³/mol. The Kier molecular flexibility index (Phi) is 5.54. The lowest BCUT2D eigenvalue weighted by Gasteiger charge is -2.39. The summed E-state index contributed by atoms with van der Waals surface area (Å²) in [6.07, 6.45) is 7.04. The third-order valence-electron chi connectivity index (χ3n) is 5.53. The molecule has 0 aromatic heterocycles. The molecule has 0 bridgehead atoms. The van der Waals surface area contributed by atoms with Crippen LogP contribution in [0.3, 0.4) is 0 Å². The monoisotopic (exact) mass is 300 g/mol. The molecule has 2 aliphatic heterocycles. The van der Waals surface area contributed by atoms with Gasteiger partial charge in [-0.2, -0.15) is 0 Å². The summed E-state index contributed by atoms with van der Waals surface area (Å²) in [6, 6.07) is 9.82. The second-order valence-corrected chi connectivity index (χ2v) is 7.57. The molecule has 2 atom stereocenters. The number of hydrogen-bond acceptors (Lipinski definition) is 2. The second-order valence-electron chi connectivity index (χ2n) is 7.57. The Morgan fingerprint density at radius 2 is 2.00 bits per heavy atom. The summed E-state index contributed by atoms with van der Waals surface area (Å²) in [5.41, 5.74) is 2.86. The van der Waals surface area contributed by atoms with Crippen LogP contribution in [0.15, 0.2) is 24.3 Å². The molecule has 2 aliphatic rings. The van der Waals surface area contributed by atoms with Crippen LogP contribution < -0.4 is 0 Å². The molecular formula is C20H32N2. The summed E-state index contributed by atoms with van der Waals surface area (Å²) in [4.78, 5) is 5.43. The van der Waals surface area contributed by atoms with Gasteiger partial charge >= 0.3 is 0 Å². The largest absolute Gasteiger partial charge is 0.300 e. The van der Waals surface area contributed by atoms with Crippen molar-refractivity contribution in [3.8, 4) is 0 Å². The van der Waals surface area contributed by atoms with Crippen molar-refractivity contribution in [1.29, 1.82) is 0 Å². The first-order chi connectivity index (χ1) is 10.7. The summed E-state index contributed by atoms with van der Waals surface area (Å²) in [7, 11) is 0. The third-order valence-corrected chi connectivity index (χ3v) is 5.53. The normalized spacial score (nSPS) is 27.9. The Morgan fingerprint density at radius 3 is 2.82 bits per heavy atom. The average Bonchev–Trinajstić information content (AvgIpc) is 2.50. The van der Waals surface area contributed by atoms with Crippen LogP contribution in [0.25, 0.3) is 0 Å². The van der Waals surface area contributed by atoms with Gasteiger partial charge in [0, 0.05) is 25.7 Å². The van der Waals surface area contributed by atoms with Crippen LogP contribution in [0, 0.1) is 12.8 Å². The van der Waals surface area contributed by atoms with Gasteiger partial charge in [-0.25, -0.2) is 0 Å². The fourth-order valence-electron chi connectivity index (χ4n) is 4.27. The minimum Gasteiger partial charge on any atom is -0.300 e. The number of piperidine rings is 2. The molecular weight excluding hydrogens is 268 g/mol. The van der Waals surface area contributed by atoms with E-state index in [9.17, 15) is 0 Å². The van der Waals surface area contributed by atoms with Gasteiger partial charge in [-0.3, -0.25) is 4.90 Å². The minimum absolute atomic E-state index is 0.806. The molecule has 2 heteroatoms. The maximum absolute atomic E-state index is 2.75. The van der Waals surface area contributed by atoms with Crippen molar-refractivity contribution in [3.63, 3.8) is 0 Å². The highest BCUT2D eigenvalue weighted by atomic mass is 15.2. The molecule has 0 N–H and O–H groups in total. The van der Waals surface area contributed by atoms with Crippen LogP contribution in [0.5, 0.6) is 0 Å². The zero-order valence-corrected chi connectivity index (χ0v) is 14.4. The number of aryl methyl sites for hydroxylation is 1. The number of hydrogen-bond donors (Lipinski definition) is 0. The molecule has 1 aromatic rings. The van der Waals surface area contributed by atoms with Gasteiger partial charge in [0.05, 0.1) is 0 Å². The van der Waals surface area contributed by atoms with Crippen LogP contribution in [0.2, 0.25) is 0 Å². The van der Waals surface area contributed by atoms with Gasteiger partial charge in [0.2, 0.25) is 0 Å². The van der Waals surface area contributed by atoms with Crippen molar-refractivity contribution >= 4 is 0 Å². The first-order valence-electron chi connectivity index (χ1n) is 9.22. The highest BCUT2D eigenvalue weighted by Crippen LogP contribution is 2.23. The lowest BCUT2D eigenvalue weighted by atomic mass is 9.94. The zero-order valence-electron chi connectivity index (χ0n) is 14.4. The number of likely N-dealkylation sites (tertiary alicyclic amines) is 2. The van der Waals surface area contributed by atoms with E-state index in [0.717, 1.165) is 18.5 Å². The Bertz CT molecular complexity index is 471. The SMILES string of the molecule is Cc1cccc(CN2CCCC(CN3CCCCC3C)C2)c1. The number of benzene rings is 1. The van der Waals surface area contributed by atoms with E-state index in [0.29, 0.717) is 0 Å². The maximum atomic E-state index is 2.75. The standard InChI is InChI=1S/C20H32N2/c1-17-7-5-9-19(13-17)14-21-11-6-10-20(15-21)16-22-12-4-3-8-18(22)2/h5,7,9,13,18,20H,3-4,6,8,10-12,14-16H2,1-2H3. The molecule has 0 aliphatic carbocycles. The van der Waals surface area contributed by atoms with Crippen LogP contribution in [-0.2, 0) is 6.54 Å². The Morgan fingerprint density at radius 1 is 1.09 bits per heavy atom. The lowest BCUT2D eigenvalue weighted by Crippen LogP contribution is -2.45. The van der Waals surface area contributed by atoms with E-state index in [4.69, 9.17) is 0 Å². The molecule has 2 heterocycles. The van der Waals surface area contributed by atoms with E-state index in [1.54, 1.807) is 0 Å². The number of nitrogens with zero attached hydrogens (tertiary/aromatic N) is 2. The van der Waals surface area contributed by atoms with Crippen LogP contribution in [0.1, 0.15) is 50.2 Å². The molecule has 22 heavy (non-hydrogen) atoms. The highest BCUT2D eigenvalue weighted by Gasteiger charge is 2.25. The third kappa shape index (κ3) is 4.33. The predicted octanol–water partition coefficient (Wildman–Crippen LogP) is 4.08. The van der Waals surface area contributed by atoms with Crippen LogP contribution >= 0.6 is 0 Å². The smallest absolute Gasteiger partial charge is 0.0233 e. The Balaban J connectivity index is 1.52. The van der Waals surface area contributed by atoms with Gasteiger partial charge in [-0.1, -0.05) is 36.2 Å². The highest BCUT2D eigenvalue weighted by molar-refractivity contribution is 5.22. The summed E-state index contributed by atoms with van der Waals surface area (Å²) < 4.78 is 0. The summed E-state index contributed by atoms with van der Waals surface area (Å²) in [5, 5.41) is 0. The van der Waals surface area contributed by atoms with E-state index < -0.39 is 0 Å². The topological polar surface area (TPSA) is 6.48 Å². The maximum Gasteiger partial charge on any atom is 0.0233 e. The van der Waals surface area contributed by atoms with E-state index in [-0.39, 0.29) is 0 Å². The van der Waals surface area contributed by atoms with Crippen molar-refractivity contribution in [1.82, 2.24) is 9.80 Å². The molecule has 2 saturated heterocycles. The fraction of sp³-hybridized carbons (Fsp3) is 0.700. The first-order valence-corrected chi connectivity index (χ1v) is 9.22. The van der Waals surface area contributed by atoms with Gasteiger partial charge < -0.3 is 4.90 Å². The van der Waals surface area contributed by atoms with Gasteiger partial charge in [0.1, 0.15) is 0 Å². The molecule has 2 unspecified atom stereocenters. The van der Waals surface area contributed by atoms with E-state index >= 15 is 0 Å². The number of rotatable bonds is 4. The quantitative estimate of drug-likeness (QED) is 0.826. The average molecular weight is 300 g/mol.